The number of hydrogen-bond donors (Lipinski definition) is 1. The first-order valence-electron chi connectivity index (χ1n) is 7.02. The molecule has 3 fully saturated rings. The van der Waals surface area contributed by atoms with Gasteiger partial charge in [-0.15, -0.1) is 0 Å². The molecule has 3 heteroatoms. The van der Waals surface area contributed by atoms with Crippen LogP contribution in [0.25, 0.3) is 0 Å². The molecule has 2 aliphatic heterocycles. The molecule has 0 aromatic heterocycles. The minimum atomic E-state index is 0.528. The van der Waals surface area contributed by atoms with Gasteiger partial charge in [-0.3, -0.25) is 4.90 Å². The molecule has 0 aromatic carbocycles. The summed E-state index contributed by atoms with van der Waals surface area (Å²) in [5, 5.41) is 3.69. The van der Waals surface area contributed by atoms with E-state index in [1.54, 1.807) is 0 Å². The highest BCUT2D eigenvalue weighted by atomic mass is 16.5. The van der Waals surface area contributed by atoms with E-state index in [0.29, 0.717) is 6.10 Å². The average Bonchev–Trinajstić information content (AvgIpc) is 2.82. The number of nitrogens with zero attached hydrogens (tertiary/aromatic N) is 1. The Morgan fingerprint density at radius 3 is 2.94 bits per heavy atom. The number of fused-ring (bicyclic) bond motifs is 1. The fourth-order valence-electron chi connectivity index (χ4n) is 3.62. The zero-order valence-electron chi connectivity index (χ0n) is 10.2. The molecule has 2 heterocycles. The third-order valence-electron chi connectivity index (χ3n) is 4.47. The van der Waals surface area contributed by atoms with Crippen LogP contribution in [-0.2, 0) is 4.74 Å². The first kappa shape index (κ1) is 11.0. The van der Waals surface area contributed by atoms with Crippen molar-refractivity contribution >= 4 is 0 Å². The van der Waals surface area contributed by atoms with Crippen molar-refractivity contribution in [3.8, 4) is 0 Å². The molecule has 1 N–H and O–H groups in total. The minimum Gasteiger partial charge on any atom is -0.377 e. The zero-order chi connectivity index (χ0) is 10.8. The Morgan fingerprint density at radius 2 is 2.06 bits per heavy atom. The van der Waals surface area contributed by atoms with Crippen molar-refractivity contribution < 1.29 is 4.74 Å². The molecule has 3 aliphatic rings. The van der Waals surface area contributed by atoms with E-state index in [4.69, 9.17) is 4.74 Å². The molecular formula is C13H24N2O. The van der Waals surface area contributed by atoms with E-state index >= 15 is 0 Å². The van der Waals surface area contributed by atoms with Crippen LogP contribution in [0.5, 0.6) is 0 Å². The monoisotopic (exact) mass is 224 g/mol. The predicted octanol–water partition coefficient (Wildman–Crippen LogP) is 1.38. The van der Waals surface area contributed by atoms with E-state index in [9.17, 15) is 0 Å². The van der Waals surface area contributed by atoms with Crippen molar-refractivity contribution in [2.45, 2.75) is 56.7 Å². The molecule has 1 aliphatic carbocycles. The maximum atomic E-state index is 5.77. The van der Waals surface area contributed by atoms with Crippen molar-refractivity contribution in [2.75, 3.05) is 26.2 Å². The number of hydrogen-bond acceptors (Lipinski definition) is 3. The van der Waals surface area contributed by atoms with Gasteiger partial charge < -0.3 is 10.1 Å². The summed E-state index contributed by atoms with van der Waals surface area (Å²) < 4.78 is 5.77. The molecule has 0 aromatic rings. The van der Waals surface area contributed by atoms with Crippen LogP contribution in [0.2, 0.25) is 0 Å². The zero-order valence-corrected chi connectivity index (χ0v) is 10.2. The number of nitrogens with one attached hydrogen (secondary N) is 1. The smallest absolute Gasteiger partial charge is 0.0702 e. The highest BCUT2D eigenvalue weighted by molar-refractivity contribution is 4.93. The molecule has 3 rings (SSSR count). The van der Waals surface area contributed by atoms with Crippen LogP contribution in [0.3, 0.4) is 0 Å². The number of piperazine rings is 1. The fraction of sp³-hybridized carbons (Fsp3) is 1.00. The highest BCUT2D eigenvalue weighted by Gasteiger charge is 2.34. The van der Waals surface area contributed by atoms with Crippen molar-refractivity contribution in [1.29, 1.82) is 0 Å². The van der Waals surface area contributed by atoms with E-state index in [-0.39, 0.29) is 0 Å². The van der Waals surface area contributed by atoms with Crippen LogP contribution in [-0.4, -0.2) is 49.3 Å². The molecule has 0 amide bonds. The topological polar surface area (TPSA) is 24.5 Å². The average molecular weight is 224 g/mol. The first-order chi connectivity index (χ1) is 7.93. The third-order valence-corrected chi connectivity index (χ3v) is 4.47. The Labute approximate surface area is 98.5 Å². The lowest BCUT2D eigenvalue weighted by Crippen LogP contribution is -2.60. The second-order valence-corrected chi connectivity index (χ2v) is 5.54. The van der Waals surface area contributed by atoms with Crippen LogP contribution in [0.15, 0.2) is 0 Å². The summed E-state index contributed by atoms with van der Waals surface area (Å²) in [6, 6.07) is 1.57. The summed E-state index contributed by atoms with van der Waals surface area (Å²) in [6.07, 6.45) is 8.69. The molecular weight excluding hydrogens is 200 g/mol. The summed E-state index contributed by atoms with van der Waals surface area (Å²) in [4.78, 5) is 2.70. The van der Waals surface area contributed by atoms with Gasteiger partial charge in [0.05, 0.1) is 6.10 Å². The molecule has 16 heavy (non-hydrogen) atoms. The SMILES string of the molecule is C1COC(CN2CCNC3CCCCC32)C1. The van der Waals surface area contributed by atoms with Gasteiger partial charge in [-0.05, 0) is 25.7 Å². The Hall–Kier alpha value is -0.120. The van der Waals surface area contributed by atoms with E-state index in [0.717, 1.165) is 18.7 Å². The maximum Gasteiger partial charge on any atom is 0.0702 e. The molecule has 92 valence electrons. The number of ether oxygens (including phenoxy) is 1. The minimum absolute atomic E-state index is 0.528. The molecule has 0 spiro atoms. The second kappa shape index (κ2) is 5.03. The third kappa shape index (κ3) is 2.27. The van der Waals surface area contributed by atoms with E-state index in [1.165, 1.54) is 58.2 Å². The van der Waals surface area contributed by atoms with Crippen molar-refractivity contribution in [1.82, 2.24) is 10.2 Å². The first-order valence-corrected chi connectivity index (χ1v) is 7.02. The second-order valence-electron chi connectivity index (χ2n) is 5.54. The van der Waals surface area contributed by atoms with Gasteiger partial charge in [0.25, 0.3) is 0 Å². The van der Waals surface area contributed by atoms with Gasteiger partial charge in [-0.2, -0.15) is 0 Å². The lowest BCUT2D eigenvalue weighted by Gasteiger charge is -2.45. The quantitative estimate of drug-likeness (QED) is 0.767. The summed E-state index contributed by atoms with van der Waals surface area (Å²) in [5.41, 5.74) is 0. The van der Waals surface area contributed by atoms with Gasteiger partial charge in [0.15, 0.2) is 0 Å². The Kier molecular flexibility index (Phi) is 3.46. The molecule has 2 saturated heterocycles. The lowest BCUT2D eigenvalue weighted by molar-refractivity contribution is 0.0243. The summed E-state index contributed by atoms with van der Waals surface area (Å²) in [7, 11) is 0. The summed E-state index contributed by atoms with van der Waals surface area (Å²) in [5.74, 6) is 0. The fourth-order valence-corrected chi connectivity index (χ4v) is 3.62. The predicted molar refractivity (Wildman–Crippen MR) is 64.6 cm³/mol. The summed E-state index contributed by atoms with van der Waals surface area (Å²) in [6.45, 7) is 4.57. The van der Waals surface area contributed by atoms with E-state index in [1.807, 2.05) is 0 Å². The van der Waals surface area contributed by atoms with Gasteiger partial charge >= 0.3 is 0 Å². The van der Waals surface area contributed by atoms with Crippen LogP contribution in [0.4, 0.5) is 0 Å². The van der Waals surface area contributed by atoms with Crippen LogP contribution in [0.1, 0.15) is 38.5 Å². The molecule has 0 radical (unpaired) electrons. The molecule has 1 saturated carbocycles. The molecule has 3 nitrogen and oxygen atoms in total. The Morgan fingerprint density at radius 1 is 1.12 bits per heavy atom. The van der Waals surface area contributed by atoms with Crippen LogP contribution >= 0.6 is 0 Å². The van der Waals surface area contributed by atoms with Gasteiger partial charge in [0, 0.05) is 38.3 Å². The molecule has 0 bridgehead atoms. The summed E-state index contributed by atoms with van der Waals surface area (Å²) >= 11 is 0. The van der Waals surface area contributed by atoms with Gasteiger partial charge in [0.1, 0.15) is 0 Å². The van der Waals surface area contributed by atoms with E-state index < -0.39 is 0 Å². The van der Waals surface area contributed by atoms with Gasteiger partial charge in [-0.25, -0.2) is 0 Å². The Balaban J connectivity index is 1.59. The largest absolute Gasteiger partial charge is 0.377 e. The van der Waals surface area contributed by atoms with E-state index in [2.05, 4.69) is 10.2 Å². The van der Waals surface area contributed by atoms with Gasteiger partial charge in [0.2, 0.25) is 0 Å². The van der Waals surface area contributed by atoms with Gasteiger partial charge in [-0.1, -0.05) is 12.8 Å². The normalized spacial score (nSPS) is 40.9. The maximum absolute atomic E-state index is 5.77. The lowest BCUT2D eigenvalue weighted by atomic mass is 9.87. The Bertz CT molecular complexity index is 226. The highest BCUT2D eigenvalue weighted by Crippen LogP contribution is 2.26. The van der Waals surface area contributed by atoms with Crippen LogP contribution < -0.4 is 5.32 Å². The standard InChI is InChI=1S/C13H24N2O/c1-2-6-13-12(5-1)14-7-8-15(13)10-11-4-3-9-16-11/h11-14H,1-10H2. The molecule has 3 atom stereocenters. The molecule has 3 unspecified atom stereocenters. The van der Waals surface area contributed by atoms with Crippen molar-refractivity contribution in [3.05, 3.63) is 0 Å². The number of rotatable bonds is 2. The van der Waals surface area contributed by atoms with Crippen molar-refractivity contribution in [2.24, 2.45) is 0 Å². The van der Waals surface area contributed by atoms with Crippen molar-refractivity contribution in [3.63, 3.8) is 0 Å². The van der Waals surface area contributed by atoms with Crippen LogP contribution in [0, 0.1) is 0 Å².